The maximum Gasteiger partial charge on any atom is 0.269 e. The summed E-state index contributed by atoms with van der Waals surface area (Å²) in [7, 11) is 0. The predicted molar refractivity (Wildman–Crippen MR) is 83.9 cm³/mol. The summed E-state index contributed by atoms with van der Waals surface area (Å²) in [6, 6.07) is 5.76. The maximum atomic E-state index is 11.8. The van der Waals surface area contributed by atoms with Gasteiger partial charge in [0.25, 0.3) is 11.6 Å². The summed E-state index contributed by atoms with van der Waals surface area (Å²) < 4.78 is 0. The van der Waals surface area contributed by atoms with E-state index in [0.29, 0.717) is 5.56 Å². The van der Waals surface area contributed by atoms with Gasteiger partial charge in [-0.15, -0.1) is 0 Å². The maximum absolute atomic E-state index is 11.8. The van der Waals surface area contributed by atoms with Gasteiger partial charge in [-0.2, -0.15) is 0 Å². The summed E-state index contributed by atoms with van der Waals surface area (Å²) in [6.07, 6.45) is 3.47. The van der Waals surface area contributed by atoms with E-state index in [0.717, 1.165) is 6.42 Å². The molecule has 0 spiro atoms. The zero-order valence-corrected chi connectivity index (χ0v) is 13.3. The lowest BCUT2D eigenvalue weighted by Gasteiger charge is -2.10. The van der Waals surface area contributed by atoms with E-state index >= 15 is 0 Å². The van der Waals surface area contributed by atoms with Crippen LogP contribution in [0.1, 0.15) is 18.9 Å². The Kier molecular flexibility index (Phi) is 4.60. The summed E-state index contributed by atoms with van der Waals surface area (Å²) >= 11 is 3.35. The molecule has 1 aromatic carbocycles. The number of hydrogen-bond donors (Lipinski definition) is 2. The van der Waals surface area contributed by atoms with Crippen LogP contribution in [0.2, 0.25) is 0 Å². The second kappa shape index (κ2) is 6.27. The quantitative estimate of drug-likeness (QED) is 0.367. The highest BCUT2D eigenvalue weighted by molar-refractivity contribution is 9.09. The van der Waals surface area contributed by atoms with E-state index in [9.17, 15) is 19.7 Å². The number of hydrazine groups is 1. The molecule has 2 amide bonds. The van der Waals surface area contributed by atoms with Gasteiger partial charge in [0.2, 0.25) is 5.91 Å². The minimum absolute atomic E-state index is 0.0177. The monoisotopic (exact) mass is 367 g/mol. The molecule has 2 atom stereocenters. The van der Waals surface area contributed by atoms with Gasteiger partial charge < -0.3 is 0 Å². The molecule has 2 N–H and O–H groups in total. The number of alkyl halides is 1. The van der Waals surface area contributed by atoms with E-state index in [1.165, 1.54) is 36.4 Å². The molecule has 0 aliphatic heterocycles. The molecule has 1 aliphatic rings. The third-order valence-electron chi connectivity index (χ3n) is 3.48. The van der Waals surface area contributed by atoms with Crippen LogP contribution < -0.4 is 10.9 Å². The molecule has 1 saturated carbocycles. The van der Waals surface area contributed by atoms with Gasteiger partial charge in [-0.3, -0.25) is 30.6 Å². The Labute approximate surface area is 135 Å². The minimum Gasteiger partial charge on any atom is -0.273 e. The molecule has 2 rings (SSSR count). The molecule has 1 aliphatic carbocycles. The normalized spacial score (nSPS) is 23.1. The Morgan fingerprint density at radius 2 is 1.95 bits per heavy atom. The van der Waals surface area contributed by atoms with E-state index < -0.39 is 16.2 Å². The molecular formula is C14H14BrN3O4. The third kappa shape index (κ3) is 3.70. The SMILES string of the molecule is CC1(C(=O)NNC(=O)C=Cc2ccc([N+](=O)[O-])cc2)CC1Br. The van der Waals surface area contributed by atoms with Crippen molar-refractivity contribution < 1.29 is 14.5 Å². The Morgan fingerprint density at radius 1 is 1.36 bits per heavy atom. The van der Waals surface area contributed by atoms with Crippen LogP contribution in [-0.4, -0.2) is 21.6 Å². The molecule has 0 bridgehead atoms. The Balaban J connectivity index is 1.84. The van der Waals surface area contributed by atoms with Gasteiger partial charge in [0.05, 0.1) is 10.3 Å². The number of non-ortho nitro benzene ring substituents is 1. The van der Waals surface area contributed by atoms with Gasteiger partial charge in [-0.05, 0) is 37.1 Å². The number of nitro benzene ring substituents is 1. The van der Waals surface area contributed by atoms with Crippen molar-refractivity contribution in [1.29, 1.82) is 0 Å². The molecule has 0 radical (unpaired) electrons. The second-order valence-corrected chi connectivity index (χ2v) is 6.32. The fourth-order valence-corrected chi connectivity index (χ4v) is 2.61. The third-order valence-corrected chi connectivity index (χ3v) is 4.82. The lowest BCUT2D eigenvalue weighted by molar-refractivity contribution is -0.384. The van der Waals surface area contributed by atoms with Crippen molar-refractivity contribution in [1.82, 2.24) is 10.9 Å². The number of benzene rings is 1. The van der Waals surface area contributed by atoms with Gasteiger partial charge in [0.1, 0.15) is 0 Å². The lowest BCUT2D eigenvalue weighted by atomic mass is 10.1. The Morgan fingerprint density at radius 3 is 2.45 bits per heavy atom. The first-order valence-electron chi connectivity index (χ1n) is 6.50. The number of carbonyl (C=O) groups excluding carboxylic acids is 2. The van der Waals surface area contributed by atoms with Gasteiger partial charge in [-0.25, -0.2) is 0 Å². The molecular weight excluding hydrogens is 354 g/mol. The van der Waals surface area contributed by atoms with E-state index in [-0.39, 0.29) is 16.4 Å². The zero-order chi connectivity index (χ0) is 16.3. The smallest absolute Gasteiger partial charge is 0.269 e. The molecule has 8 heteroatoms. The number of halogens is 1. The van der Waals surface area contributed by atoms with Gasteiger partial charge in [0.15, 0.2) is 0 Å². The Hall–Kier alpha value is -2.22. The number of amides is 2. The summed E-state index contributed by atoms with van der Waals surface area (Å²) in [5, 5.41) is 10.5. The van der Waals surface area contributed by atoms with Crippen LogP contribution in [0.3, 0.4) is 0 Å². The second-order valence-electron chi connectivity index (χ2n) is 5.21. The van der Waals surface area contributed by atoms with Crippen LogP contribution in [0.15, 0.2) is 30.3 Å². The van der Waals surface area contributed by atoms with E-state index in [1.807, 2.05) is 0 Å². The van der Waals surface area contributed by atoms with Crippen LogP contribution in [0.4, 0.5) is 5.69 Å². The average molecular weight is 368 g/mol. The number of rotatable bonds is 4. The van der Waals surface area contributed by atoms with Crippen LogP contribution in [0.25, 0.3) is 6.08 Å². The summed E-state index contributed by atoms with van der Waals surface area (Å²) in [6.45, 7) is 1.81. The van der Waals surface area contributed by atoms with Crippen molar-refractivity contribution in [3.63, 3.8) is 0 Å². The van der Waals surface area contributed by atoms with Crippen molar-refractivity contribution >= 4 is 39.5 Å². The molecule has 22 heavy (non-hydrogen) atoms. The molecule has 116 valence electrons. The largest absolute Gasteiger partial charge is 0.273 e. The highest BCUT2D eigenvalue weighted by atomic mass is 79.9. The van der Waals surface area contributed by atoms with Crippen LogP contribution >= 0.6 is 15.9 Å². The molecule has 1 fully saturated rings. The van der Waals surface area contributed by atoms with Crippen molar-refractivity contribution in [2.45, 2.75) is 18.2 Å². The zero-order valence-electron chi connectivity index (χ0n) is 11.7. The minimum atomic E-state index is -0.495. The molecule has 2 unspecified atom stereocenters. The van der Waals surface area contributed by atoms with E-state index in [4.69, 9.17) is 0 Å². The fourth-order valence-electron chi connectivity index (χ4n) is 1.73. The standard InChI is InChI=1S/C14H14BrN3O4/c1-14(8-11(14)15)13(20)17-16-12(19)7-4-9-2-5-10(6-3-9)18(21)22/h2-7,11H,8H2,1H3,(H,16,19)(H,17,20). The molecule has 0 heterocycles. The lowest BCUT2D eigenvalue weighted by Crippen LogP contribution is -2.44. The Bertz CT molecular complexity index is 644. The summed E-state index contributed by atoms with van der Waals surface area (Å²) in [5.74, 6) is -0.728. The van der Waals surface area contributed by atoms with Gasteiger partial charge in [-0.1, -0.05) is 15.9 Å². The van der Waals surface area contributed by atoms with E-state index in [1.54, 1.807) is 6.92 Å². The van der Waals surface area contributed by atoms with Gasteiger partial charge >= 0.3 is 0 Å². The van der Waals surface area contributed by atoms with E-state index in [2.05, 4.69) is 26.8 Å². The van der Waals surface area contributed by atoms with Crippen molar-refractivity contribution in [2.24, 2.45) is 5.41 Å². The molecule has 0 saturated heterocycles. The highest BCUT2D eigenvalue weighted by Crippen LogP contribution is 2.51. The summed E-state index contributed by atoms with van der Waals surface area (Å²) in [5.41, 5.74) is 4.81. The number of nitrogens with one attached hydrogen (secondary N) is 2. The van der Waals surface area contributed by atoms with Crippen molar-refractivity contribution in [2.75, 3.05) is 0 Å². The van der Waals surface area contributed by atoms with Crippen molar-refractivity contribution in [3.05, 3.63) is 46.0 Å². The highest BCUT2D eigenvalue weighted by Gasteiger charge is 2.54. The van der Waals surface area contributed by atoms with Gasteiger partial charge in [0, 0.05) is 23.0 Å². The fraction of sp³-hybridized carbons (Fsp3) is 0.286. The molecule has 7 nitrogen and oxygen atoms in total. The predicted octanol–water partition coefficient (Wildman–Crippen LogP) is 1.93. The average Bonchev–Trinajstić information content (AvgIpc) is 3.11. The van der Waals surface area contributed by atoms with Crippen molar-refractivity contribution in [3.8, 4) is 0 Å². The number of hydrogen-bond acceptors (Lipinski definition) is 4. The number of carbonyl (C=O) groups is 2. The first kappa shape index (κ1) is 16.2. The van der Waals surface area contributed by atoms with Crippen LogP contribution in [-0.2, 0) is 9.59 Å². The first-order chi connectivity index (χ1) is 10.3. The molecule has 0 aromatic heterocycles. The van der Waals surface area contributed by atoms with Crippen LogP contribution in [0, 0.1) is 15.5 Å². The number of nitro groups is 1. The first-order valence-corrected chi connectivity index (χ1v) is 7.41. The van der Waals surface area contributed by atoms with Crippen LogP contribution in [0.5, 0.6) is 0 Å². The molecule has 1 aromatic rings. The summed E-state index contributed by atoms with van der Waals surface area (Å²) in [4.78, 5) is 33.5. The number of nitrogens with zero attached hydrogens (tertiary/aromatic N) is 1. The topological polar surface area (TPSA) is 101 Å².